The first-order valence-electron chi connectivity index (χ1n) is 6.77. The molecule has 3 nitrogen and oxygen atoms in total. The minimum absolute atomic E-state index is 0.177. The summed E-state index contributed by atoms with van der Waals surface area (Å²) in [5.41, 5.74) is 5.09. The summed E-state index contributed by atoms with van der Waals surface area (Å²) >= 11 is 2.07. The highest BCUT2D eigenvalue weighted by Gasteiger charge is 2.42. The molecule has 0 saturated heterocycles. The van der Waals surface area contributed by atoms with Crippen molar-refractivity contribution in [3.05, 3.63) is 0 Å². The number of amides is 1. The summed E-state index contributed by atoms with van der Waals surface area (Å²) in [5, 5.41) is 3.77. The van der Waals surface area contributed by atoms with E-state index < -0.39 is 5.54 Å². The van der Waals surface area contributed by atoms with Crippen molar-refractivity contribution in [2.45, 2.75) is 55.7 Å². The Bertz CT molecular complexity index is 279. The van der Waals surface area contributed by atoms with Crippen LogP contribution in [0.25, 0.3) is 0 Å². The summed E-state index contributed by atoms with van der Waals surface area (Å²) in [6.07, 6.45) is 8.59. The van der Waals surface area contributed by atoms with Crippen molar-refractivity contribution in [2.24, 2.45) is 11.7 Å². The number of rotatable bonds is 5. The van der Waals surface area contributed by atoms with Gasteiger partial charge in [-0.05, 0) is 50.8 Å². The zero-order chi connectivity index (χ0) is 12.3. The number of nitrogens with two attached hydrogens (primary N) is 1. The topological polar surface area (TPSA) is 55.1 Å². The zero-order valence-corrected chi connectivity index (χ0v) is 11.5. The van der Waals surface area contributed by atoms with E-state index in [0.717, 1.165) is 25.2 Å². The third-order valence-corrected chi connectivity index (χ3v) is 6.00. The largest absolute Gasteiger partial charge is 0.368 e. The minimum Gasteiger partial charge on any atom is -0.368 e. The number of hydrogen-bond donors (Lipinski definition) is 2. The Labute approximate surface area is 108 Å². The number of primary amides is 1. The van der Waals surface area contributed by atoms with Crippen LogP contribution in [0.15, 0.2) is 0 Å². The second-order valence-electron chi connectivity index (χ2n) is 5.54. The summed E-state index contributed by atoms with van der Waals surface area (Å²) < 4.78 is 0. The molecule has 0 heterocycles. The average molecular weight is 256 g/mol. The summed E-state index contributed by atoms with van der Waals surface area (Å²) in [7, 11) is 1.86. The number of nitrogens with one attached hydrogen (secondary N) is 1. The van der Waals surface area contributed by atoms with Gasteiger partial charge in [-0.1, -0.05) is 12.8 Å². The van der Waals surface area contributed by atoms with E-state index in [2.05, 4.69) is 17.1 Å². The van der Waals surface area contributed by atoms with Gasteiger partial charge in [0, 0.05) is 5.25 Å². The molecule has 2 fully saturated rings. The van der Waals surface area contributed by atoms with Crippen molar-refractivity contribution in [1.29, 1.82) is 0 Å². The van der Waals surface area contributed by atoms with E-state index >= 15 is 0 Å². The lowest BCUT2D eigenvalue weighted by molar-refractivity contribution is -0.124. The molecule has 2 rings (SSSR count). The third-order valence-electron chi connectivity index (χ3n) is 4.46. The molecular weight excluding hydrogens is 232 g/mol. The van der Waals surface area contributed by atoms with Crippen molar-refractivity contribution >= 4 is 17.7 Å². The summed E-state index contributed by atoms with van der Waals surface area (Å²) in [4.78, 5) is 11.5. The second kappa shape index (κ2) is 5.61. The van der Waals surface area contributed by atoms with Gasteiger partial charge in [0.15, 0.2) is 0 Å². The SMILES string of the molecule is CNC1(C(N)=O)CCC(SCC2CCCC2)C1. The molecule has 2 unspecified atom stereocenters. The summed E-state index contributed by atoms with van der Waals surface area (Å²) in [5.74, 6) is 2.03. The molecule has 17 heavy (non-hydrogen) atoms. The predicted octanol–water partition coefficient (Wildman–Crippen LogP) is 1.91. The van der Waals surface area contributed by atoms with Gasteiger partial charge in [-0.25, -0.2) is 0 Å². The van der Waals surface area contributed by atoms with Gasteiger partial charge in [0.2, 0.25) is 5.91 Å². The number of carbonyl (C=O) groups is 1. The molecular formula is C13H24N2OS. The molecule has 2 atom stereocenters. The van der Waals surface area contributed by atoms with Gasteiger partial charge in [-0.2, -0.15) is 11.8 Å². The molecule has 3 N–H and O–H groups in total. The van der Waals surface area contributed by atoms with E-state index in [1.54, 1.807) is 0 Å². The molecule has 0 radical (unpaired) electrons. The Hall–Kier alpha value is -0.220. The van der Waals surface area contributed by atoms with Crippen LogP contribution in [-0.4, -0.2) is 29.5 Å². The van der Waals surface area contributed by atoms with Crippen molar-refractivity contribution in [3.8, 4) is 0 Å². The Morgan fingerprint density at radius 3 is 2.65 bits per heavy atom. The Morgan fingerprint density at radius 1 is 1.41 bits per heavy atom. The molecule has 4 heteroatoms. The molecule has 0 aromatic carbocycles. The number of likely N-dealkylation sites (N-methyl/N-ethyl adjacent to an activating group) is 1. The van der Waals surface area contributed by atoms with Crippen molar-refractivity contribution in [3.63, 3.8) is 0 Å². The van der Waals surface area contributed by atoms with Crippen molar-refractivity contribution in [1.82, 2.24) is 5.32 Å². The van der Waals surface area contributed by atoms with Gasteiger partial charge < -0.3 is 11.1 Å². The van der Waals surface area contributed by atoms with Crippen LogP contribution in [0.1, 0.15) is 44.9 Å². The van der Waals surface area contributed by atoms with Crippen LogP contribution in [0.3, 0.4) is 0 Å². The molecule has 0 spiro atoms. The molecule has 1 amide bonds. The quantitative estimate of drug-likeness (QED) is 0.790. The highest BCUT2D eigenvalue weighted by Crippen LogP contribution is 2.39. The Morgan fingerprint density at radius 2 is 2.12 bits per heavy atom. The van der Waals surface area contributed by atoms with Crippen LogP contribution in [0.5, 0.6) is 0 Å². The molecule has 2 aliphatic rings. The number of hydrogen-bond acceptors (Lipinski definition) is 3. The van der Waals surface area contributed by atoms with Gasteiger partial charge in [0.25, 0.3) is 0 Å². The first-order chi connectivity index (χ1) is 8.16. The van der Waals surface area contributed by atoms with Crippen LogP contribution in [0, 0.1) is 5.92 Å². The average Bonchev–Trinajstić information content (AvgIpc) is 2.96. The van der Waals surface area contributed by atoms with Gasteiger partial charge in [-0.15, -0.1) is 0 Å². The fraction of sp³-hybridized carbons (Fsp3) is 0.923. The van der Waals surface area contributed by atoms with Crippen LogP contribution in [0.4, 0.5) is 0 Å². The van der Waals surface area contributed by atoms with Crippen LogP contribution >= 0.6 is 11.8 Å². The predicted molar refractivity (Wildman–Crippen MR) is 73.0 cm³/mol. The smallest absolute Gasteiger partial charge is 0.237 e. The van der Waals surface area contributed by atoms with E-state index in [1.165, 1.54) is 31.4 Å². The molecule has 0 bridgehead atoms. The summed E-state index contributed by atoms with van der Waals surface area (Å²) in [6, 6.07) is 0. The van der Waals surface area contributed by atoms with Crippen LogP contribution in [-0.2, 0) is 4.79 Å². The zero-order valence-electron chi connectivity index (χ0n) is 10.7. The van der Waals surface area contributed by atoms with E-state index in [-0.39, 0.29) is 5.91 Å². The molecule has 2 saturated carbocycles. The standard InChI is InChI=1S/C13H24N2OS/c1-15-13(12(14)16)7-6-11(8-13)17-9-10-4-2-3-5-10/h10-11,15H,2-9H2,1H3,(H2,14,16). The highest BCUT2D eigenvalue weighted by molar-refractivity contribution is 7.99. The Balaban J connectivity index is 1.78. The third kappa shape index (κ3) is 2.97. The van der Waals surface area contributed by atoms with E-state index in [4.69, 9.17) is 5.73 Å². The molecule has 2 aliphatic carbocycles. The minimum atomic E-state index is -0.423. The first kappa shape index (κ1) is 13.2. The van der Waals surface area contributed by atoms with E-state index in [0.29, 0.717) is 5.25 Å². The fourth-order valence-corrected chi connectivity index (χ4v) is 4.73. The highest BCUT2D eigenvalue weighted by atomic mass is 32.2. The molecule has 0 aromatic rings. The van der Waals surface area contributed by atoms with Gasteiger partial charge in [0.1, 0.15) is 0 Å². The summed E-state index contributed by atoms with van der Waals surface area (Å²) in [6.45, 7) is 0. The van der Waals surface area contributed by atoms with Gasteiger partial charge >= 0.3 is 0 Å². The van der Waals surface area contributed by atoms with Crippen LogP contribution in [0.2, 0.25) is 0 Å². The van der Waals surface area contributed by atoms with Crippen molar-refractivity contribution in [2.75, 3.05) is 12.8 Å². The number of carbonyl (C=O) groups excluding carboxylic acids is 1. The van der Waals surface area contributed by atoms with Gasteiger partial charge in [0.05, 0.1) is 5.54 Å². The first-order valence-corrected chi connectivity index (χ1v) is 7.81. The lowest BCUT2D eigenvalue weighted by Crippen LogP contribution is -2.52. The fourth-order valence-electron chi connectivity index (χ4n) is 3.17. The van der Waals surface area contributed by atoms with E-state index in [9.17, 15) is 4.79 Å². The second-order valence-corrected chi connectivity index (χ2v) is 6.88. The number of thioether (sulfide) groups is 1. The molecule has 0 aliphatic heterocycles. The monoisotopic (exact) mass is 256 g/mol. The van der Waals surface area contributed by atoms with Crippen LogP contribution < -0.4 is 11.1 Å². The lowest BCUT2D eigenvalue weighted by atomic mass is 9.97. The van der Waals surface area contributed by atoms with Gasteiger partial charge in [-0.3, -0.25) is 4.79 Å². The maximum absolute atomic E-state index is 11.5. The van der Waals surface area contributed by atoms with E-state index in [1.807, 2.05) is 7.05 Å². The maximum atomic E-state index is 11.5. The normalized spacial score (nSPS) is 34.3. The molecule has 0 aromatic heterocycles. The Kier molecular flexibility index (Phi) is 4.36. The maximum Gasteiger partial charge on any atom is 0.237 e. The van der Waals surface area contributed by atoms with Crippen molar-refractivity contribution < 1.29 is 4.79 Å². The molecule has 98 valence electrons. The lowest BCUT2D eigenvalue weighted by Gasteiger charge is -2.25.